The molecule has 1 nitrogen and oxygen atoms in total. The van der Waals surface area contributed by atoms with Crippen molar-refractivity contribution in [2.75, 3.05) is 0 Å². The fourth-order valence-corrected chi connectivity index (χ4v) is 8.04. The van der Waals surface area contributed by atoms with Gasteiger partial charge < -0.3 is 5.11 Å². The summed E-state index contributed by atoms with van der Waals surface area (Å²) in [6.45, 7) is 38.2. The fraction of sp³-hybridized carbons (Fsp3) is 0.288. The van der Waals surface area contributed by atoms with E-state index in [4.69, 9.17) is 5.11 Å². The van der Waals surface area contributed by atoms with Crippen molar-refractivity contribution in [1.29, 1.82) is 0 Å². The molecule has 0 amide bonds. The first-order chi connectivity index (χ1) is 34.0. The Balaban J connectivity index is 0.000000821. The minimum Gasteiger partial charge on any atom is -0.392 e. The van der Waals surface area contributed by atoms with Crippen LogP contribution in [-0.4, -0.2) is 5.11 Å². The summed E-state index contributed by atoms with van der Waals surface area (Å²) in [6.07, 6.45) is 0. The number of benzene rings is 9. The molecule has 0 saturated heterocycles. The third-order valence-electron chi connectivity index (χ3n) is 11.7. The van der Waals surface area contributed by atoms with Gasteiger partial charge in [0.25, 0.3) is 0 Å². The minimum absolute atomic E-state index is 0. The second-order valence-corrected chi connectivity index (χ2v) is 19.8. The van der Waals surface area contributed by atoms with Crippen LogP contribution < -0.4 is 0 Å². The van der Waals surface area contributed by atoms with Gasteiger partial charge in [-0.05, 0) is 163 Å². The molecule has 0 spiro atoms. The van der Waals surface area contributed by atoms with E-state index in [2.05, 4.69) is 287 Å². The van der Waals surface area contributed by atoms with E-state index < -0.39 is 0 Å². The van der Waals surface area contributed by atoms with Crippen LogP contribution in [0, 0.1) is 125 Å². The lowest BCUT2D eigenvalue weighted by Gasteiger charge is -2.06. The number of rotatable bonds is 1. The van der Waals surface area contributed by atoms with Crippen molar-refractivity contribution < 1.29 is 5.11 Å². The van der Waals surface area contributed by atoms with Gasteiger partial charge in [-0.1, -0.05) is 281 Å². The van der Waals surface area contributed by atoms with Gasteiger partial charge in [0.1, 0.15) is 0 Å². The van der Waals surface area contributed by atoms with Crippen LogP contribution >= 0.6 is 0 Å². The summed E-state index contributed by atoms with van der Waals surface area (Å²) in [6, 6.07) is 65.7. The van der Waals surface area contributed by atoms with Crippen LogP contribution in [0.15, 0.2) is 188 Å². The maximum atomic E-state index is 8.79. The van der Waals surface area contributed by atoms with Gasteiger partial charge >= 0.3 is 0 Å². The summed E-state index contributed by atoms with van der Waals surface area (Å²) in [5, 5.41) is 11.4. The second kappa shape index (κ2) is 36.2. The van der Waals surface area contributed by atoms with Gasteiger partial charge in [0.2, 0.25) is 0 Å². The highest BCUT2D eigenvalue weighted by Gasteiger charge is 1.98. The normalized spacial score (nSPS) is 9.39. The van der Waals surface area contributed by atoms with Crippen molar-refractivity contribution in [3.8, 4) is 0 Å². The van der Waals surface area contributed by atoms with Gasteiger partial charge in [0.05, 0.1) is 6.61 Å². The third kappa shape index (κ3) is 29.0. The molecule has 9 aromatic carbocycles. The predicted molar refractivity (Wildman–Crippen MR) is 334 cm³/mol. The summed E-state index contributed by atoms with van der Waals surface area (Å²) < 4.78 is 0. The number of hydrogen-bond acceptors (Lipinski definition) is 1. The van der Waals surface area contributed by atoms with Crippen LogP contribution in [0.4, 0.5) is 0 Å². The number of hydrogen-bond donors (Lipinski definition) is 1. The monoisotopic (exact) mass is 989 g/mol. The first-order valence-electron chi connectivity index (χ1n) is 25.4. The topological polar surface area (TPSA) is 20.2 Å². The molecule has 74 heavy (non-hydrogen) atoms. The molecule has 9 aromatic rings. The lowest BCUT2D eigenvalue weighted by molar-refractivity contribution is 0.281. The summed E-state index contributed by atoms with van der Waals surface area (Å²) in [4.78, 5) is 0. The van der Waals surface area contributed by atoms with Crippen molar-refractivity contribution in [3.63, 3.8) is 0 Å². The lowest BCUT2D eigenvalue weighted by atomic mass is 10.0. The molecule has 9 rings (SSSR count). The zero-order valence-electron chi connectivity index (χ0n) is 47.6. The average Bonchev–Trinajstić information content (AvgIpc) is 3.31. The van der Waals surface area contributed by atoms with Gasteiger partial charge in [-0.25, -0.2) is 0 Å². The van der Waals surface area contributed by atoms with E-state index in [1.54, 1.807) is 0 Å². The Hall–Kier alpha value is -6.80. The standard InChI is InChI=1S/C10H8.C10H14.C9H12O.2C9H12.3C8H10.2CH4/c1-2-6-10-8-4-3-7-9(10)5-1;1-7-5-6-8(2)10(4)9(7)3;1-7-3-8(2)5-9(4-7)6-10;2*1-7-4-8(2)6-9(3)5-7;1-7-3-5-8(2)6-4-7;2*1-7-4-3-5-8(2)6-7;;/h1-8H;5-6H,1-4H3;3-5,10H,6H2,1-2H3;2*4-6H,1-3H3;3*3-6H,1-2H3;2*1H4. The molecule has 0 fully saturated rings. The molecule has 0 atom stereocenters. The van der Waals surface area contributed by atoms with Crippen LogP contribution in [0.1, 0.15) is 121 Å². The molecule has 394 valence electrons. The van der Waals surface area contributed by atoms with Crippen molar-refractivity contribution in [2.45, 2.75) is 146 Å². The van der Waals surface area contributed by atoms with E-state index in [-0.39, 0.29) is 21.5 Å². The zero-order chi connectivity index (χ0) is 53.8. The summed E-state index contributed by atoms with van der Waals surface area (Å²) in [5.74, 6) is 0. The molecule has 0 saturated carbocycles. The second-order valence-electron chi connectivity index (χ2n) is 19.8. The van der Waals surface area contributed by atoms with E-state index in [9.17, 15) is 0 Å². The summed E-state index contributed by atoms with van der Waals surface area (Å²) in [5.41, 5.74) is 25.2. The summed E-state index contributed by atoms with van der Waals surface area (Å²) in [7, 11) is 0. The Kier molecular flexibility index (Phi) is 32.9. The van der Waals surface area contributed by atoms with Crippen molar-refractivity contribution in [2.24, 2.45) is 0 Å². The first-order valence-corrected chi connectivity index (χ1v) is 25.4. The number of aliphatic hydroxyl groups is 1. The van der Waals surface area contributed by atoms with E-state index >= 15 is 0 Å². The van der Waals surface area contributed by atoms with Gasteiger partial charge in [0, 0.05) is 0 Å². The van der Waals surface area contributed by atoms with E-state index in [0.29, 0.717) is 0 Å². The van der Waals surface area contributed by atoms with Gasteiger partial charge in [0.15, 0.2) is 0 Å². The van der Waals surface area contributed by atoms with Crippen LogP contribution in [0.3, 0.4) is 0 Å². The molecule has 0 aliphatic heterocycles. The zero-order valence-corrected chi connectivity index (χ0v) is 47.6. The highest BCUT2D eigenvalue weighted by atomic mass is 16.3. The average molecular weight is 990 g/mol. The minimum atomic E-state index is 0. The van der Waals surface area contributed by atoms with E-state index in [1.165, 1.54) is 111 Å². The molecule has 0 aliphatic rings. The highest BCUT2D eigenvalue weighted by molar-refractivity contribution is 5.82. The Bertz CT molecular complexity index is 2600. The van der Waals surface area contributed by atoms with Gasteiger partial charge in [-0.15, -0.1) is 0 Å². The Morgan fingerprint density at radius 2 is 0.446 bits per heavy atom. The van der Waals surface area contributed by atoms with Crippen molar-refractivity contribution in [3.05, 3.63) is 294 Å². The molecular formula is C73H96O. The predicted octanol–water partition coefficient (Wildman–Crippen LogP) is 21.0. The lowest BCUT2D eigenvalue weighted by Crippen LogP contribution is -1.88. The Labute approximate surface area is 453 Å². The summed E-state index contributed by atoms with van der Waals surface area (Å²) >= 11 is 0. The quantitative estimate of drug-likeness (QED) is 0.174. The Morgan fingerprint density at radius 1 is 0.230 bits per heavy atom. The first kappa shape index (κ1) is 67.2. The molecule has 0 radical (unpaired) electrons. The van der Waals surface area contributed by atoms with Crippen LogP contribution in [0.25, 0.3) is 10.8 Å². The molecule has 0 aliphatic carbocycles. The smallest absolute Gasteiger partial charge is 0.0682 e. The molecule has 0 bridgehead atoms. The van der Waals surface area contributed by atoms with E-state index in [1.807, 2.05) is 26.0 Å². The fourth-order valence-electron chi connectivity index (χ4n) is 8.04. The molecule has 1 heteroatoms. The molecule has 0 aromatic heterocycles. The van der Waals surface area contributed by atoms with Crippen LogP contribution in [0.2, 0.25) is 0 Å². The van der Waals surface area contributed by atoms with Crippen LogP contribution in [0.5, 0.6) is 0 Å². The largest absolute Gasteiger partial charge is 0.392 e. The Morgan fingerprint density at radius 3 is 0.649 bits per heavy atom. The maximum Gasteiger partial charge on any atom is 0.0682 e. The van der Waals surface area contributed by atoms with E-state index in [0.717, 1.165) is 5.56 Å². The molecule has 1 N–H and O–H groups in total. The number of aryl methyl sites for hydroxylation is 16. The van der Waals surface area contributed by atoms with Crippen molar-refractivity contribution in [1.82, 2.24) is 0 Å². The van der Waals surface area contributed by atoms with Gasteiger partial charge in [-0.3, -0.25) is 0 Å². The maximum absolute atomic E-state index is 8.79. The van der Waals surface area contributed by atoms with Gasteiger partial charge in [-0.2, -0.15) is 0 Å². The highest BCUT2D eigenvalue weighted by Crippen LogP contribution is 2.16. The molecule has 0 unspecified atom stereocenters. The number of fused-ring (bicyclic) bond motifs is 1. The van der Waals surface area contributed by atoms with Crippen molar-refractivity contribution >= 4 is 10.8 Å². The van der Waals surface area contributed by atoms with Crippen LogP contribution in [-0.2, 0) is 6.61 Å². The third-order valence-corrected chi connectivity index (χ3v) is 11.7. The number of aliphatic hydroxyl groups excluding tert-OH is 1. The SMILES string of the molecule is C.C.Cc1cc(C)cc(C)c1.Cc1cc(C)cc(C)c1.Cc1cc(C)cc(CO)c1.Cc1ccc(C)c(C)c1C.Cc1ccc(C)cc1.Cc1cccc(C)c1.Cc1cccc(C)c1.c1ccc2ccccc2c1. The molecular weight excluding hydrogens is 893 g/mol. The molecule has 0 heterocycles.